The number of hydrogen-bond acceptors (Lipinski definition) is 12. The molecule has 6 N–H and O–H groups in total. The third kappa shape index (κ3) is 15.5. The maximum Gasteiger partial charge on any atom is 0.514 e. The number of Topliss-reactive ketones (excluding diaryl/α,β-unsaturated/α-hetero) is 2. The Morgan fingerprint density at radius 1 is 0.721 bits per heavy atom. The maximum absolute atomic E-state index is 13.9. The standard InChI is InChI=1S/C50H58N6O12/c1-31(2)45(55-47(60)34(27-32(3)57)11-8-9-25-53-49(62)66-30-43-41-15-6-4-13-39(41)40-14-5-7-16-42(40)43)44(58)28-35(12-10-26-52-48(51)61)46(59)54-36-19-17-33(18-20-36)29-67-50(63)68-38-23-21-37(22-24-38)56(64)65/h4-7,13-24,31,34-35,43,45H,8-12,25-30H2,1-3H3,(H,53,62)(H,54,59)(H,55,60)(H3,51,52,61)/t34-,35-,45+/m1/s1. The monoisotopic (exact) mass is 934 g/mol. The molecule has 0 spiro atoms. The van der Waals surface area contributed by atoms with Gasteiger partial charge in [-0.15, -0.1) is 0 Å². The zero-order chi connectivity index (χ0) is 49.2. The molecule has 5 rings (SSSR count). The van der Waals surface area contributed by atoms with Gasteiger partial charge in [-0.05, 0) is 90.6 Å². The van der Waals surface area contributed by atoms with E-state index >= 15 is 0 Å². The van der Waals surface area contributed by atoms with E-state index in [0.717, 1.165) is 22.3 Å². The van der Waals surface area contributed by atoms with Gasteiger partial charge in [0.05, 0.1) is 11.0 Å². The number of alkyl carbamates (subject to hydrolysis) is 1. The number of non-ortho nitro benzene ring substituents is 1. The molecule has 4 aromatic rings. The number of primary amides is 1. The third-order valence-electron chi connectivity index (χ3n) is 11.5. The first-order chi connectivity index (χ1) is 32.6. The fraction of sp³-hybridized carbons (Fsp3) is 0.380. The number of nitrogens with zero attached hydrogens (tertiary/aromatic N) is 1. The minimum Gasteiger partial charge on any atom is -0.449 e. The van der Waals surface area contributed by atoms with Gasteiger partial charge in [0.25, 0.3) is 5.69 Å². The number of nitro groups is 1. The van der Waals surface area contributed by atoms with E-state index < -0.39 is 58.7 Å². The summed E-state index contributed by atoms with van der Waals surface area (Å²) in [5.41, 5.74) is 10.5. The lowest BCUT2D eigenvalue weighted by atomic mass is 9.88. The molecule has 0 aromatic heterocycles. The lowest BCUT2D eigenvalue weighted by Gasteiger charge is -2.26. The largest absolute Gasteiger partial charge is 0.514 e. The molecule has 0 fully saturated rings. The number of unbranched alkanes of at least 4 members (excludes halogenated alkanes) is 1. The summed E-state index contributed by atoms with van der Waals surface area (Å²) in [5, 5.41) is 21.8. The van der Waals surface area contributed by atoms with Crippen LogP contribution in [0.25, 0.3) is 11.1 Å². The molecule has 18 nitrogen and oxygen atoms in total. The fourth-order valence-electron chi connectivity index (χ4n) is 8.01. The first-order valence-electron chi connectivity index (χ1n) is 22.5. The van der Waals surface area contributed by atoms with Gasteiger partial charge >= 0.3 is 18.3 Å². The van der Waals surface area contributed by atoms with Crippen LogP contribution in [0.2, 0.25) is 0 Å². The highest BCUT2D eigenvalue weighted by atomic mass is 16.7. The molecule has 5 amide bonds. The number of benzene rings is 4. The van der Waals surface area contributed by atoms with Gasteiger partial charge in [-0.3, -0.25) is 24.5 Å². The number of fused-ring (bicyclic) bond motifs is 3. The van der Waals surface area contributed by atoms with Crippen molar-refractivity contribution in [1.29, 1.82) is 0 Å². The molecule has 3 atom stereocenters. The molecule has 4 aromatic carbocycles. The molecule has 68 heavy (non-hydrogen) atoms. The quantitative estimate of drug-likeness (QED) is 0.0141. The zero-order valence-corrected chi connectivity index (χ0v) is 38.3. The van der Waals surface area contributed by atoms with Crippen molar-refractivity contribution in [3.05, 3.63) is 124 Å². The number of hydrogen-bond donors (Lipinski definition) is 5. The smallest absolute Gasteiger partial charge is 0.449 e. The normalized spacial score (nSPS) is 12.9. The van der Waals surface area contributed by atoms with Crippen LogP contribution in [0.4, 0.5) is 25.8 Å². The average molecular weight is 935 g/mol. The van der Waals surface area contributed by atoms with Crippen LogP contribution in [-0.2, 0) is 35.3 Å². The number of nitrogens with two attached hydrogens (primary N) is 1. The van der Waals surface area contributed by atoms with E-state index in [0.29, 0.717) is 43.5 Å². The lowest BCUT2D eigenvalue weighted by Crippen LogP contribution is -2.48. The molecule has 0 saturated carbocycles. The van der Waals surface area contributed by atoms with Crippen LogP contribution in [0.5, 0.6) is 5.75 Å². The summed E-state index contributed by atoms with van der Waals surface area (Å²) in [6.45, 7) is 5.38. The minimum atomic E-state index is -1.03. The Morgan fingerprint density at radius 3 is 1.93 bits per heavy atom. The number of anilines is 1. The number of rotatable bonds is 25. The first-order valence-corrected chi connectivity index (χ1v) is 22.5. The van der Waals surface area contributed by atoms with Crippen molar-refractivity contribution in [2.24, 2.45) is 23.5 Å². The summed E-state index contributed by atoms with van der Waals surface area (Å²) in [4.78, 5) is 100. The van der Waals surface area contributed by atoms with Crippen molar-refractivity contribution in [2.45, 2.75) is 84.3 Å². The Kier molecular flexibility index (Phi) is 19.1. The predicted molar refractivity (Wildman–Crippen MR) is 251 cm³/mol. The third-order valence-corrected chi connectivity index (χ3v) is 11.5. The van der Waals surface area contributed by atoms with E-state index in [4.69, 9.17) is 19.9 Å². The van der Waals surface area contributed by atoms with E-state index in [1.807, 2.05) is 36.4 Å². The molecule has 0 aliphatic heterocycles. The number of nitro benzene ring substituents is 1. The van der Waals surface area contributed by atoms with Crippen molar-refractivity contribution in [3.63, 3.8) is 0 Å². The Labute approximate surface area is 394 Å². The highest BCUT2D eigenvalue weighted by Crippen LogP contribution is 2.44. The topological polar surface area (TPSA) is 264 Å². The van der Waals surface area contributed by atoms with E-state index in [9.17, 15) is 43.7 Å². The molecule has 360 valence electrons. The van der Waals surface area contributed by atoms with Crippen molar-refractivity contribution in [1.82, 2.24) is 16.0 Å². The summed E-state index contributed by atoms with van der Waals surface area (Å²) in [6, 6.07) is 25.7. The van der Waals surface area contributed by atoms with Gasteiger partial charge in [0.15, 0.2) is 5.78 Å². The van der Waals surface area contributed by atoms with Gasteiger partial charge < -0.3 is 46.0 Å². The molecule has 0 heterocycles. The zero-order valence-electron chi connectivity index (χ0n) is 38.3. The SMILES string of the molecule is CC(=O)C[C@@H](CCCCNC(=O)OCC1c2ccccc2-c2ccccc21)C(=O)N[C@H](C(=O)C[C@@H](CCCNC(N)=O)C(=O)Nc1ccc(COC(=O)Oc2ccc([N+](=O)[O-])cc2)cc1)C(C)C. The van der Waals surface area contributed by atoms with E-state index in [1.165, 1.54) is 31.2 Å². The number of carbonyl (C=O) groups is 7. The van der Waals surface area contributed by atoms with Crippen LogP contribution in [0.3, 0.4) is 0 Å². The highest BCUT2D eigenvalue weighted by Gasteiger charge is 2.32. The van der Waals surface area contributed by atoms with Gasteiger partial charge in [0.2, 0.25) is 11.8 Å². The molecule has 1 aliphatic carbocycles. The van der Waals surface area contributed by atoms with Gasteiger partial charge in [-0.25, -0.2) is 14.4 Å². The van der Waals surface area contributed by atoms with Crippen molar-refractivity contribution >= 4 is 53.0 Å². The fourth-order valence-corrected chi connectivity index (χ4v) is 8.01. The summed E-state index contributed by atoms with van der Waals surface area (Å²) < 4.78 is 15.8. The molecule has 18 heteroatoms. The average Bonchev–Trinajstić information content (AvgIpc) is 3.63. The lowest BCUT2D eigenvalue weighted by molar-refractivity contribution is -0.384. The molecule has 0 bridgehead atoms. The van der Waals surface area contributed by atoms with E-state index in [2.05, 4.69) is 33.4 Å². The van der Waals surface area contributed by atoms with Crippen LogP contribution < -0.4 is 31.7 Å². The van der Waals surface area contributed by atoms with Crippen LogP contribution in [0.15, 0.2) is 97.1 Å². The van der Waals surface area contributed by atoms with Crippen molar-refractivity contribution in [2.75, 3.05) is 25.0 Å². The molecular formula is C50H58N6O12. The number of ketones is 2. The first kappa shape index (κ1) is 51.4. The Morgan fingerprint density at radius 2 is 1.32 bits per heavy atom. The summed E-state index contributed by atoms with van der Waals surface area (Å²) in [5.74, 6) is -3.52. The highest BCUT2D eigenvalue weighted by molar-refractivity contribution is 5.98. The number of carbonyl (C=O) groups excluding carboxylic acids is 7. The van der Waals surface area contributed by atoms with E-state index in [-0.39, 0.29) is 68.1 Å². The second-order valence-corrected chi connectivity index (χ2v) is 17.0. The number of nitrogens with one attached hydrogen (secondary N) is 4. The van der Waals surface area contributed by atoms with E-state index in [1.54, 1.807) is 38.1 Å². The Balaban J connectivity index is 1.10. The van der Waals surface area contributed by atoms with Crippen LogP contribution in [0, 0.1) is 27.9 Å². The number of ether oxygens (including phenoxy) is 3. The molecule has 0 radical (unpaired) electrons. The van der Waals surface area contributed by atoms with Crippen molar-refractivity contribution < 1.29 is 52.7 Å². The van der Waals surface area contributed by atoms with Crippen molar-refractivity contribution in [3.8, 4) is 16.9 Å². The van der Waals surface area contributed by atoms with Gasteiger partial charge in [-0.1, -0.05) is 80.9 Å². The maximum atomic E-state index is 13.9. The summed E-state index contributed by atoms with van der Waals surface area (Å²) >= 11 is 0. The van der Waals surface area contributed by atoms with Gasteiger partial charge in [0.1, 0.15) is 24.7 Å². The predicted octanol–water partition coefficient (Wildman–Crippen LogP) is 7.72. The molecule has 0 saturated heterocycles. The van der Waals surface area contributed by atoms with Crippen LogP contribution in [0.1, 0.15) is 88.3 Å². The minimum absolute atomic E-state index is 0.0419. The molecule has 1 aliphatic rings. The van der Waals surface area contributed by atoms with Crippen LogP contribution >= 0.6 is 0 Å². The Bertz CT molecular complexity index is 2380. The summed E-state index contributed by atoms with van der Waals surface area (Å²) in [6.07, 6.45) is -0.0221. The Hall–Kier alpha value is -7.63. The second kappa shape index (κ2) is 25.3. The number of urea groups is 1. The second-order valence-electron chi connectivity index (χ2n) is 17.0. The van der Waals surface area contributed by atoms with Crippen LogP contribution in [-0.4, -0.2) is 72.3 Å². The number of amides is 5. The summed E-state index contributed by atoms with van der Waals surface area (Å²) in [7, 11) is 0. The molecular weight excluding hydrogens is 877 g/mol. The van der Waals surface area contributed by atoms with Gasteiger partial charge in [-0.2, -0.15) is 0 Å². The van der Waals surface area contributed by atoms with Gasteiger partial charge in [0, 0.05) is 61.5 Å². The molecule has 0 unspecified atom stereocenters.